The summed E-state index contributed by atoms with van der Waals surface area (Å²) in [7, 11) is 0. The first kappa shape index (κ1) is 12.9. The van der Waals surface area contributed by atoms with E-state index in [-0.39, 0.29) is 0 Å². The van der Waals surface area contributed by atoms with Crippen LogP contribution in [0.5, 0.6) is 0 Å². The minimum Gasteiger partial charge on any atom is -0.310 e. The average Bonchev–Trinajstić information content (AvgIpc) is 2.83. The quantitative estimate of drug-likeness (QED) is 0.808. The Morgan fingerprint density at radius 2 is 1.88 bits per heavy atom. The lowest BCUT2D eigenvalue weighted by Gasteiger charge is -2.16. The normalized spacial score (nSPS) is 18.5. The number of benzene rings is 1. The molecule has 1 N–H and O–H groups in total. The Labute approximate surface area is 110 Å². The molecule has 1 aliphatic rings. The Bertz CT molecular complexity index is 327. The molecule has 0 spiro atoms. The van der Waals surface area contributed by atoms with Gasteiger partial charge in [-0.2, -0.15) is 0 Å². The molecule has 94 valence electrons. The van der Waals surface area contributed by atoms with Gasteiger partial charge in [-0.25, -0.2) is 0 Å². The van der Waals surface area contributed by atoms with E-state index in [2.05, 4.69) is 24.4 Å². The second kappa shape index (κ2) is 6.42. The summed E-state index contributed by atoms with van der Waals surface area (Å²) in [5.74, 6) is 0.972. The van der Waals surface area contributed by atoms with E-state index in [1.807, 2.05) is 12.1 Å². The highest BCUT2D eigenvalue weighted by Crippen LogP contribution is 2.27. The standard InChI is InChI=1S/C15H22ClN/c1-12(14-6-8-15(16)9-7-14)17-11-10-13-4-2-3-5-13/h6-9,12-13,17H,2-5,10-11H2,1H3/t12-/m0/s1. The van der Waals surface area contributed by atoms with Crippen molar-refractivity contribution in [2.75, 3.05) is 6.54 Å². The van der Waals surface area contributed by atoms with Crippen molar-refractivity contribution in [3.8, 4) is 0 Å². The zero-order valence-electron chi connectivity index (χ0n) is 10.6. The summed E-state index contributed by atoms with van der Waals surface area (Å²) in [5, 5.41) is 4.41. The third-order valence-corrected chi connectivity index (χ3v) is 4.10. The average molecular weight is 252 g/mol. The first-order valence-corrected chi connectivity index (χ1v) is 7.12. The molecule has 2 rings (SSSR count). The Balaban J connectivity index is 1.72. The van der Waals surface area contributed by atoms with Crippen LogP contribution in [0.15, 0.2) is 24.3 Å². The van der Waals surface area contributed by atoms with Crippen LogP contribution in [0.2, 0.25) is 5.02 Å². The highest BCUT2D eigenvalue weighted by molar-refractivity contribution is 6.30. The summed E-state index contributed by atoms with van der Waals surface area (Å²) < 4.78 is 0. The second-order valence-corrected chi connectivity index (χ2v) is 5.60. The SMILES string of the molecule is C[C@H](NCCC1CCCC1)c1ccc(Cl)cc1. The van der Waals surface area contributed by atoms with Gasteiger partial charge in [-0.15, -0.1) is 0 Å². The van der Waals surface area contributed by atoms with E-state index in [1.165, 1.54) is 37.7 Å². The van der Waals surface area contributed by atoms with E-state index in [4.69, 9.17) is 11.6 Å². The fraction of sp³-hybridized carbons (Fsp3) is 0.600. The first-order chi connectivity index (χ1) is 8.25. The van der Waals surface area contributed by atoms with Crippen molar-refractivity contribution < 1.29 is 0 Å². The molecule has 0 unspecified atom stereocenters. The van der Waals surface area contributed by atoms with Crippen molar-refractivity contribution in [2.24, 2.45) is 5.92 Å². The summed E-state index contributed by atoms with van der Waals surface area (Å²) in [4.78, 5) is 0. The van der Waals surface area contributed by atoms with Crippen LogP contribution in [0.1, 0.15) is 50.6 Å². The number of nitrogens with one attached hydrogen (secondary N) is 1. The van der Waals surface area contributed by atoms with Crippen molar-refractivity contribution in [3.05, 3.63) is 34.9 Å². The minimum absolute atomic E-state index is 0.425. The lowest BCUT2D eigenvalue weighted by atomic mass is 10.0. The maximum atomic E-state index is 5.89. The Morgan fingerprint density at radius 1 is 1.24 bits per heavy atom. The molecular weight excluding hydrogens is 230 g/mol. The lowest BCUT2D eigenvalue weighted by Crippen LogP contribution is -2.21. The summed E-state index contributed by atoms with van der Waals surface area (Å²) >= 11 is 5.89. The number of hydrogen-bond acceptors (Lipinski definition) is 1. The smallest absolute Gasteiger partial charge is 0.0406 e. The first-order valence-electron chi connectivity index (χ1n) is 6.74. The van der Waals surface area contributed by atoms with E-state index in [0.29, 0.717) is 6.04 Å². The number of hydrogen-bond donors (Lipinski definition) is 1. The molecule has 1 nitrogen and oxygen atoms in total. The molecular formula is C15H22ClN. The molecule has 0 aromatic heterocycles. The van der Waals surface area contributed by atoms with Crippen LogP contribution in [-0.4, -0.2) is 6.54 Å². The molecule has 1 fully saturated rings. The van der Waals surface area contributed by atoms with E-state index < -0.39 is 0 Å². The van der Waals surface area contributed by atoms with Gasteiger partial charge in [0.15, 0.2) is 0 Å². The van der Waals surface area contributed by atoms with Crippen LogP contribution in [0.4, 0.5) is 0 Å². The van der Waals surface area contributed by atoms with Crippen molar-refractivity contribution >= 4 is 11.6 Å². The van der Waals surface area contributed by atoms with Gasteiger partial charge in [0.2, 0.25) is 0 Å². The Kier molecular flexibility index (Phi) is 4.87. The molecule has 0 amide bonds. The molecule has 0 bridgehead atoms. The maximum Gasteiger partial charge on any atom is 0.0406 e. The topological polar surface area (TPSA) is 12.0 Å². The molecule has 1 aromatic rings. The minimum atomic E-state index is 0.425. The monoisotopic (exact) mass is 251 g/mol. The molecule has 0 heterocycles. The van der Waals surface area contributed by atoms with Gasteiger partial charge in [0.1, 0.15) is 0 Å². The van der Waals surface area contributed by atoms with Crippen LogP contribution in [0.25, 0.3) is 0 Å². The molecule has 0 saturated heterocycles. The van der Waals surface area contributed by atoms with Gasteiger partial charge >= 0.3 is 0 Å². The summed E-state index contributed by atoms with van der Waals surface area (Å²) in [6.45, 7) is 3.35. The van der Waals surface area contributed by atoms with Crippen LogP contribution >= 0.6 is 11.6 Å². The Hall–Kier alpha value is -0.530. The number of halogens is 1. The van der Waals surface area contributed by atoms with Crippen LogP contribution < -0.4 is 5.32 Å². The zero-order chi connectivity index (χ0) is 12.1. The van der Waals surface area contributed by atoms with E-state index >= 15 is 0 Å². The molecule has 2 heteroatoms. The predicted octanol–water partition coefficient (Wildman–Crippen LogP) is 4.57. The van der Waals surface area contributed by atoms with E-state index in [0.717, 1.165) is 17.5 Å². The van der Waals surface area contributed by atoms with E-state index in [1.54, 1.807) is 0 Å². The van der Waals surface area contributed by atoms with Crippen molar-refractivity contribution in [1.29, 1.82) is 0 Å². The summed E-state index contributed by atoms with van der Waals surface area (Å²) in [6.07, 6.45) is 7.10. The van der Waals surface area contributed by atoms with Gasteiger partial charge in [0.05, 0.1) is 0 Å². The van der Waals surface area contributed by atoms with Crippen molar-refractivity contribution in [1.82, 2.24) is 5.32 Å². The largest absolute Gasteiger partial charge is 0.310 e. The molecule has 1 saturated carbocycles. The van der Waals surface area contributed by atoms with Crippen LogP contribution in [0.3, 0.4) is 0 Å². The third kappa shape index (κ3) is 4.01. The zero-order valence-corrected chi connectivity index (χ0v) is 11.3. The molecule has 1 aromatic carbocycles. The van der Waals surface area contributed by atoms with Gasteiger partial charge < -0.3 is 5.32 Å². The predicted molar refractivity (Wildman–Crippen MR) is 74.4 cm³/mol. The molecule has 0 aliphatic heterocycles. The van der Waals surface area contributed by atoms with E-state index in [9.17, 15) is 0 Å². The highest BCUT2D eigenvalue weighted by Gasteiger charge is 2.14. The number of rotatable bonds is 5. The van der Waals surface area contributed by atoms with Gasteiger partial charge in [-0.05, 0) is 43.5 Å². The Morgan fingerprint density at radius 3 is 2.53 bits per heavy atom. The van der Waals surface area contributed by atoms with Gasteiger partial charge in [0, 0.05) is 11.1 Å². The van der Waals surface area contributed by atoms with Gasteiger partial charge in [0.25, 0.3) is 0 Å². The van der Waals surface area contributed by atoms with Gasteiger partial charge in [-0.3, -0.25) is 0 Å². The van der Waals surface area contributed by atoms with Gasteiger partial charge in [-0.1, -0.05) is 49.4 Å². The molecule has 1 atom stereocenters. The second-order valence-electron chi connectivity index (χ2n) is 5.17. The van der Waals surface area contributed by atoms with Crippen molar-refractivity contribution in [2.45, 2.75) is 45.1 Å². The highest BCUT2D eigenvalue weighted by atomic mass is 35.5. The fourth-order valence-corrected chi connectivity index (χ4v) is 2.80. The molecule has 17 heavy (non-hydrogen) atoms. The molecule has 1 aliphatic carbocycles. The van der Waals surface area contributed by atoms with Crippen LogP contribution in [-0.2, 0) is 0 Å². The molecule has 0 radical (unpaired) electrons. The maximum absolute atomic E-state index is 5.89. The summed E-state index contributed by atoms with van der Waals surface area (Å²) in [5.41, 5.74) is 1.32. The van der Waals surface area contributed by atoms with Crippen LogP contribution in [0, 0.1) is 5.92 Å². The van der Waals surface area contributed by atoms with Crippen molar-refractivity contribution in [3.63, 3.8) is 0 Å². The lowest BCUT2D eigenvalue weighted by molar-refractivity contribution is 0.455. The third-order valence-electron chi connectivity index (χ3n) is 3.85. The fourth-order valence-electron chi connectivity index (χ4n) is 2.67. The summed E-state index contributed by atoms with van der Waals surface area (Å²) in [6, 6.07) is 8.57.